The summed E-state index contributed by atoms with van der Waals surface area (Å²) in [6, 6.07) is 1.56. The highest BCUT2D eigenvalue weighted by Gasteiger charge is 2.03. The molecule has 0 aliphatic heterocycles. The van der Waals surface area contributed by atoms with Crippen LogP contribution in [0.5, 0.6) is 0 Å². The molecule has 0 fully saturated rings. The van der Waals surface area contributed by atoms with Crippen molar-refractivity contribution >= 4 is 18.7 Å². The van der Waals surface area contributed by atoms with Gasteiger partial charge >= 0.3 is 0 Å². The normalized spacial score (nSPS) is 9.30. The minimum absolute atomic E-state index is 0.321. The van der Waals surface area contributed by atoms with Crippen molar-refractivity contribution in [3.63, 3.8) is 0 Å². The highest BCUT2D eigenvalue weighted by molar-refractivity contribution is 7.78. The molecular weight excluding hydrogens is 152 g/mol. The summed E-state index contributed by atoms with van der Waals surface area (Å²) in [5, 5.41) is 6.13. The Hall–Kier alpha value is -1.01. The molecule has 1 amide bonds. The fraction of sp³-hybridized carbons (Fsp3) is 0. The number of rotatable bonds is 2. The first-order valence-corrected chi connectivity index (χ1v) is 2.98. The Morgan fingerprint density at radius 1 is 1.80 bits per heavy atom. The Balaban J connectivity index is 2.59. The summed E-state index contributed by atoms with van der Waals surface area (Å²) >= 11 is 3.57. The third-order valence-electron chi connectivity index (χ3n) is 0.903. The topological polar surface area (TPSA) is 69.8 Å². The molecule has 3 N–H and O–H groups in total. The summed E-state index contributed by atoms with van der Waals surface area (Å²) < 4.78 is 0. The smallest absolute Gasteiger partial charge is 0.285 e. The first-order chi connectivity index (χ1) is 4.84. The number of amides is 1. The van der Waals surface area contributed by atoms with Gasteiger partial charge in [-0.05, 0) is 6.07 Å². The summed E-state index contributed by atoms with van der Waals surface area (Å²) in [5.41, 5.74) is 2.56. The summed E-state index contributed by atoms with van der Waals surface area (Å²) in [5.74, 6) is -0.323. The van der Waals surface area contributed by atoms with Gasteiger partial charge in [0.25, 0.3) is 5.91 Å². The van der Waals surface area contributed by atoms with E-state index in [9.17, 15) is 4.79 Å². The zero-order valence-electron chi connectivity index (χ0n) is 4.96. The van der Waals surface area contributed by atoms with Crippen molar-refractivity contribution < 1.29 is 4.79 Å². The zero-order valence-corrected chi connectivity index (χ0v) is 5.85. The fourth-order valence-electron chi connectivity index (χ4n) is 0.502. The predicted molar refractivity (Wildman–Crippen MR) is 38.2 cm³/mol. The van der Waals surface area contributed by atoms with Crippen LogP contribution in [0.3, 0.4) is 0 Å². The van der Waals surface area contributed by atoms with Gasteiger partial charge in [0.15, 0.2) is 5.69 Å². The molecule has 1 aromatic heterocycles. The number of carbonyl (C=O) groups is 1. The Kier molecular flexibility index (Phi) is 2.30. The van der Waals surface area contributed by atoms with Crippen LogP contribution in [0.2, 0.25) is 0 Å². The van der Waals surface area contributed by atoms with Crippen LogP contribution < -0.4 is 10.3 Å². The lowest BCUT2D eigenvalue weighted by Crippen LogP contribution is -2.30. The van der Waals surface area contributed by atoms with Gasteiger partial charge in [0.2, 0.25) is 0 Å². The number of nitrogens with one attached hydrogen (secondary N) is 3. The average molecular weight is 158 g/mol. The van der Waals surface area contributed by atoms with Gasteiger partial charge in [-0.1, -0.05) is 12.8 Å². The van der Waals surface area contributed by atoms with Gasteiger partial charge < -0.3 is 0 Å². The standard InChI is InChI=1S/C4H6N4OS/c9-4(7-8-10)3-1-2-5-6-3/h1-2,8,10H,(H,5,6)(H,7,9). The molecule has 0 atom stereocenters. The van der Waals surface area contributed by atoms with E-state index in [0.29, 0.717) is 5.69 Å². The van der Waals surface area contributed by atoms with Crippen molar-refractivity contribution in [2.75, 3.05) is 0 Å². The lowest BCUT2D eigenvalue weighted by molar-refractivity contribution is 0.0942. The van der Waals surface area contributed by atoms with Crippen LogP contribution in [0.4, 0.5) is 0 Å². The quantitative estimate of drug-likeness (QED) is 0.346. The summed E-state index contributed by atoms with van der Waals surface area (Å²) in [4.78, 5) is 13.0. The minimum Gasteiger partial charge on any atom is -0.285 e. The second-order valence-electron chi connectivity index (χ2n) is 1.53. The van der Waals surface area contributed by atoms with Crippen LogP contribution in [0, 0.1) is 0 Å². The van der Waals surface area contributed by atoms with E-state index in [1.54, 1.807) is 12.3 Å². The van der Waals surface area contributed by atoms with Gasteiger partial charge in [-0.3, -0.25) is 15.3 Å². The molecule has 10 heavy (non-hydrogen) atoms. The molecule has 0 unspecified atom stereocenters. The van der Waals surface area contributed by atoms with E-state index < -0.39 is 0 Å². The number of carbonyl (C=O) groups excluding carboxylic acids is 1. The number of hydrogen-bond donors (Lipinski definition) is 4. The second kappa shape index (κ2) is 3.23. The summed E-state index contributed by atoms with van der Waals surface area (Å²) in [6.45, 7) is 0. The van der Waals surface area contributed by atoms with Gasteiger partial charge in [-0.2, -0.15) is 9.93 Å². The summed E-state index contributed by atoms with van der Waals surface area (Å²) in [6.07, 6.45) is 1.56. The molecule has 1 aromatic rings. The van der Waals surface area contributed by atoms with Crippen LogP contribution in [0.25, 0.3) is 0 Å². The van der Waals surface area contributed by atoms with E-state index in [4.69, 9.17) is 0 Å². The molecule has 0 aliphatic rings. The monoisotopic (exact) mass is 158 g/mol. The van der Waals surface area contributed by atoms with Crippen molar-refractivity contribution in [1.29, 1.82) is 0 Å². The average Bonchev–Trinajstić information content (AvgIpc) is 2.38. The molecule has 0 spiro atoms. The second-order valence-corrected chi connectivity index (χ2v) is 1.75. The fourth-order valence-corrected chi connectivity index (χ4v) is 0.603. The Morgan fingerprint density at radius 2 is 2.60 bits per heavy atom. The first-order valence-electron chi connectivity index (χ1n) is 2.54. The number of thiol groups is 1. The van der Waals surface area contributed by atoms with Crippen LogP contribution >= 0.6 is 12.8 Å². The van der Waals surface area contributed by atoms with Gasteiger partial charge in [0.1, 0.15) is 0 Å². The molecule has 1 rings (SSSR count). The summed E-state index contributed by atoms with van der Waals surface area (Å²) in [7, 11) is 0. The number of hydrazine groups is 1. The molecule has 1 heterocycles. The molecule has 0 bridgehead atoms. The number of aromatic amines is 1. The van der Waals surface area contributed by atoms with Crippen LogP contribution in [0.15, 0.2) is 12.3 Å². The molecule has 0 radical (unpaired) electrons. The van der Waals surface area contributed by atoms with Crippen molar-refractivity contribution in [3.8, 4) is 0 Å². The van der Waals surface area contributed by atoms with Gasteiger partial charge in [0.05, 0.1) is 0 Å². The Morgan fingerprint density at radius 3 is 3.10 bits per heavy atom. The SMILES string of the molecule is O=C(NNS)c1cc[nH]n1. The lowest BCUT2D eigenvalue weighted by atomic mass is 10.4. The predicted octanol–water partition coefficient (Wildman–Crippen LogP) is -0.511. The molecular formula is C4H6N4OS. The van der Waals surface area contributed by atoms with Crippen molar-refractivity contribution in [2.45, 2.75) is 0 Å². The molecule has 54 valence electrons. The van der Waals surface area contributed by atoms with E-state index in [0.717, 1.165) is 0 Å². The van der Waals surface area contributed by atoms with Crippen LogP contribution in [-0.2, 0) is 0 Å². The Bertz CT molecular complexity index is 209. The molecule has 0 aliphatic carbocycles. The first kappa shape index (κ1) is 7.10. The van der Waals surface area contributed by atoms with E-state index in [2.05, 4.69) is 33.3 Å². The van der Waals surface area contributed by atoms with Gasteiger partial charge in [-0.15, -0.1) is 0 Å². The van der Waals surface area contributed by atoms with Gasteiger partial charge in [0, 0.05) is 6.20 Å². The van der Waals surface area contributed by atoms with Crippen molar-refractivity contribution in [1.82, 2.24) is 20.5 Å². The largest absolute Gasteiger partial charge is 0.286 e. The maximum Gasteiger partial charge on any atom is 0.286 e. The maximum absolute atomic E-state index is 10.8. The van der Waals surface area contributed by atoms with Crippen LogP contribution in [-0.4, -0.2) is 16.1 Å². The number of hydrogen-bond acceptors (Lipinski definition) is 4. The molecule has 0 saturated carbocycles. The van der Waals surface area contributed by atoms with E-state index in [-0.39, 0.29) is 5.91 Å². The number of nitrogens with zero attached hydrogens (tertiary/aromatic N) is 1. The molecule has 5 nitrogen and oxygen atoms in total. The number of aromatic nitrogens is 2. The highest BCUT2D eigenvalue weighted by atomic mass is 32.1. The van der Waals surface area contributed by atoms with Crippen molar-refractivity contribution in [2.24, 2.45) is 0 Å². The third kappa shape index (κ3) is 1.49. The lowest BCUT2D eigenvalue weighted by Gasteiger charge is -1.95. The molecule has 0 saturated heterocycles. The van der Waals surface area contributed by atoms with E-state index >= 15 is 0 Å². The maximum atomic E-state index is 10.8. The highest BCUT2D eigenvalue weighted by Crippen LogP contribution is 1.88. The number of H-pyrrole nitrogens is 1. The van der Waals surface area contributed by atoms with E-state index in [1.165, 1.54) is 0 Å². The molecule has 0 aromatic carbocycles. The molecule has 6 heteroatoms. The third-order valence-corrected chi connectivity index (χ3v) is 1.01. The van der Waals surface area contributed by atoms with Gasteiger partial charge in [-0.25, -0.2) is 0 Å². The Labute approximate surface area is 62.7 Å². The minimum atomic E-state index is -0.323. The zero-order chi connectivity index (χ0) is 7.40. The van der Waals surface area contributed by atoms with Crippen LogP contribution in [0.1, 0.15) is 10.5 Å². The van der Waals surface area contributed by atoms with Crippen molar-refractivity contribution in [3.05, 3.63) is 18.0 Å². The van der Waals surface area contributed by atoms with E-state index in [1.807, 2.05) is 0 Å².